The van der Waals surface area contributed by atoms with Crippen LogP contribution < -0.4 is 10.6 Å². The highest BCUT2D eigenvalue weighted by molar-refractivity contribution is 5.83. The van der Waals surface area contributed by atoms with Crippen molar-refractivity contribution in [2.75, 3.05) is 0 Å². The van der Waals surface area contributed by atoms with Crippen molar-refractivity contribution in [2.24, 2.45) is 0 Å². The van der Waals surface area contributed by atoms with Gasteiger partial charge in [0.25, 0.3) is 11.8 Å². The van der Waals surface area contributed by atoms with Crippen molar-refractivity contribution in [3.8, 4) is 0 Å². The molecule has 0 radical (unpaired) electrons. The standard InChI is InChI=1S/C32H34N4O6/c37-27(29(41-21-25-7-3-1-4-8-25)31(39)35-19-23-11-15-33-16-12-23)28(38)30(42-22-26-9-5-2-6-10-26)32(40)36-20-24-13-17-34-18-14-24/h1-18,27-30,37-38H,19-22H2,(H,35,39)(H,36,40). The molecule has 10 heteroatoms. The van der Waals surface area contributed by atoms with Gasteiger partial charge in [-0.3, -0.25) is 19.6 Å². The van der Waals surface area contributed by atoms with E-state index in [1.807, 2.05) is 60.7 Å². The maximum Gasteiger partial charge on any atom is 0.252 e. The van der Waals surface area contributed by atoms with E-state index in [9.17, 15) is 19.8 Å². The van der Waals surface area contributed by atoms with Crippen LogP contribution in [0.2, 0.25) is 0 Å². The van der Waals surface area contributed by atoms with E-state index in [2.05, 4.69) is 20.6 Å². The highest BCUT2D eigenvalue weighted by Crippen LogP contribution is 2.16. The Kier molecular flexibility index (Phi) is 11.7. The Morgan fingerprint density at radius 2 is 0.929 bits per heavy atom. The van der Waals surface area contributed by atoms with E-state index in [0.29, 0.717) is 0 Å². The van der Waals surface area contributed by atoms with Crippen LogP contribution >= 0.6 is 0 Å². The number of nitrogens with zero attached hydrogens (tertiary/aromatic N) is 2. The summed E-state index contributed by atoms with van der Waals surface area (Å²) in [5.41, 5.74) is 3.10. The first-order chi connectivity index (χ1) is 20.5. The monoisotopic (exact) mass is 570 g/mol. The number of carbonyl (C=O) groups excluding carboxylic acids is 2. The number of aromatic nitrogens is 2. The molecule has 0 saturated carbocycles. The first-order valence-electron chi connectivity index (χ1n) is 13.5. The average molecular weight is 571 g/mol. The van der Waals surface area contributed by atoms with Crippen LogP contribution in [0.4, 0.5) is 0 Å². The number of rotatable bonds is 15. The number of aliphatic hydroxyl groups is 2. The van der Waals surface area contributed by atoms with Gasteiger partial charge in [-0.05, 0) is 46.5 Å². The fraction of sp³-hybridized carbons (Fsp3) is 0.250. The summed E-state index contributed by atoms with van der Waals surface area (Å²) in [5.74, 6) is -1.32. The Labute approximate surface area is 244 Å². The second-order valence-corrected chi connectivity index (χ2v) is 9.56. The minimum Gasteiger partial charge on any atom is -0.387 e. The van der Waals surface area contributed by atoms with Crippen LogP contribution in [0.1, 0.15) is 22.3 Å². The van der Waals surface area contributed by atoms with E-state index >= 15 is 0 Å². The Balaban J connectivity index is 1.51. The lowest BCUT2D eigenvalue weighted by atomic mass is 10.0. The molecule has 0 aliphatic heterocycles. The van der Waals surface area contributed by atoms with Crippen LogP contribution in [0.15, 0.2) is 110 Å². The third kappa shape index (κ3) is 9.28. The molecule has 4 rings (SSSR count). The van der Waals surface area contributed by atoms with E-state index < -0.39 is 36.2 Å². The summed E-state index contributed by atoms with van der Waals surface area (Å²) in [4.78, 5) is 34.5. The molecular formula is C32H34N4O6. The first-order valence-corrected chi connectivity index (χ1v) is 13.5. The molecule has 0 saturated heterocycles. The van der Waals surface area contributed by atoms with Crippen molar-refractivity contribution >= 4 is 11.8 Å². The van der Waals surface area contributed by atoms with E-state index in [0.717, 1.165) is 22.3 Å². The van der Waals surface area contributed by atoms with E-state index in [1.54, 1.807) is 49.1 Å². The van der Waals surface area contributed by atoms with Gasteiger partial charge in [-0.2, -0.15) is 0 Å². The summed E-state index contributed by atoms with van der Waals surface area (Å²) in [6.45, 7) is 0.273. The van der Waals surface area contributed by atoms with Crippen molar-refractivity contribution in [1.29, 1.82) is 0 Å². The maximum absolute atomic E-state index is 13.3. The number of benzene rings is 2. The Bertz CT molecular complexity index is 1260. The van der Waals surface area contributed by atoms with Gasteiger partial charge in [-0.1, -0.05) is 60.7 Å². The lowest BCUT2D eigenvalue weighted by molar-refractivity contribution is -0.170. The third-order valence-corrected chi connectivity index (χ3v) is 6.46. The van der Waals surface area contributed by atoms with Crippen LogP contribution in [0.5, 0.6) is 0 Å². The molecule has 4 aromatic rings. The van der Waals surface area contributed by atoms with Crippen molar-refractivity contribution in [2.45, 2.75) is 50.7 Å². The van der Waals surface area contributed by atoms with Crippen LogP contribution in [0.25, 0.3) is 0 Å². The number of hydrogen-bond donors (Lipinski definition) is 4. The number of hydrogen-bond acceptors (Lipinski definition) is 8. The number of pyridine rings is 2. The molecule has 2 aromatic carbocycles. The number of ether oxygens (including phenoxy) is 2. The predicted octanol–water partition coefficient (Wildman–Crippen LogP) is 2.30. The number of amides is 2. The summed E-state index contributed by atoms with van der Waals surface area (Å²) in [6, 6.07) is 25.2. The SMILES string of the molecule is O=C(NCc1ccncc1)C(OCc1ccccc1)C(O)C(O)C(OCc1ccccc1)C(=O)NCc1ccncc1. The second kappa shape index (κ2) is 16.1. The summed E-state index contributed by atoms with van der Waals surface area (Å²) in [5, 5.41) is 28.1. The van der Waals surface area contributed by atoms with Gasteiger partial charge in [-0.15, -0.1) is 0 Å². The minimum absolute atomic E-state index is 0.0122. The van der Waals surface area contributed by atoms with Crippen molar-refractivity contribution in [3.05, 3.63) is 132 Å². The van der Waals surface area contributed by atoms with E-state index in [-0.39, 0.29) is 26.3 Å². The molecule has 0 fully saturated rings. The highest BCUT2D eigenvalue weighted by atomic mass is 16.5. The fourth-order valence-electron chi connectivity index (χ4n) is 4.12. The first kappa shape index (κ1) is 30.5. The third-order valence-electron chi connectivity index (χ3n) is 6.46. The largest absolute Gasteiger partial charge is 0.387 e. The minimum atomic E-state index is -1.81. The molecule has 2 amide bonds. The Hall–Kier alpha value is -4.48. The van der Waals surface area contributed by atoms with E-state index in [4.69, 9.17) is 9.47 Å². The van der Waals surface area contributed by atoms with Crippen LogP contribution in [-0.4, -0.2) is 56.4 Å². The van der Waals surface area contributed by atoms with Crippen molar-refractivity contribution in [3.63, 3.8) is 0 Å². The Morgan fingerprint density at radius 1 is 0.571 bits per heavy atom. The van der Waals surface area contributed by atoms with Gasteiger partial charge < -0.3 is 30.3 Å². The molecule has 4 unspecified atom stereocenters. The zero-order valence-electron chi connectivity index (χ0n) is 23.0. The van der Waals surface area contributed by atoms with E-state index in [1.165, 1.54) is 0 Å². The average Bonchev–Trinajstić information content (AvgIpc) is 3.04. The lowest BCUT2D eigenvalue weighted by Gasteiger charge is -2.30. The summed E-state index contributed by atoms with van der Waals surface area (Å²) in [7, 11) is 0. The van der Waals surface area contributed by atoms with Gasteiger partial charge in [0.05, 0.1) is 13.2 Å². The number of nitrogens with one attached hydrogen (secondary N) is 2. The van der Waals surface area contributed by atoms with Gasteiger partial charge in [-0.25, -0.2) is 0 Å². The number of aliphatic hydroxyl groups excluding tert-OH is 2. The van der Waals surface area contributed by atoms with Gasteiger partial charge in [0, 0.05) is 37.9 Å². The molecule has 10 nitrogen and oxygen atoms in total. The molecule has 0 aliphatic rings. The molecular weight excluding hydrogens is 536 g/mol. The van der Waals surface area contributed by atoms with Crippen molar-refractivity contribution in [1.82, 2.24) is 20.6 Å². The molecule has 4 N–H and O–H groups in total. The second-order valence-electron chi connectivity index (χ2n) is 9.56. The maximum atomic E-state index is 13.3. The molecule has 0 spiro atoms. The molecule has 218 valence electrons. The number of carbonyl (C=O) groups is 2. The fourth-order valence-corrected chi connectivity index (χ4v) is 4.12. The molecule has 42 heavy (non-hydrogen) atoms. The van der Waals surface area contributed by atoms with Crippen LogP contribution in [-0.2, 0) is 45.4 Å². The smallest absolute Gasteiger partial charge is 0.252 e. The van der Waals surface area contributed by atoms with Gasteiger partial charge in [0.1, 0.15) is 12.2 Å². The Morgan fingerprint density at radius 3 is 1.29 bits per heavy atom. The predicted molar refractivity (Wildman–Crippen MR) is 154 cm³/mol. The quantitative estimate of drug-likeness (QED) is 0.171. The molecule has 2 aromatic heterocycles. The normalized spacial score (nSPS) is 13.9. The zero-order chi connectivity index (χ0) is 29.6. The highest BCUT2D eigenvalue weighted by Gasteiger charge is 2.40. The molecule has 0 aliphatic carbocycles. The van der Waals surface area contributed by atoms with Crippen molar-refractivity contribution < 1.29 is 29.3 Å². The topological polar surface area (TPSA) is 143 Å². The van der Waals surface area contributed by atoms with Gasteiger partial charge >= 0.3 is 0 Å². The van der Waals surface area contributed by atoms with Crippen LogP contribution in [0, 0.1) is 0 Å². The summed E-state index contributed by atoms with van der Waals surface area (Å²) < 4.78 is 11.7. The summed E-state index contributed by atoms with van der Waals surface area (Å²) in [6.07, 6.45) is -0.246. The molecule has 4 atom stereocenters. The molecule has 0 bridgehead atoms. The summed E-state index contributed by atoms with van der Waals surface area (Å²) >= 11 is 0. The zero-order valence-corrected chi connectivity index (χ0v) is 23.0. The van der Waals surface area contributed by atoms with Crippen LogP contribution in [0.3, 0.4) is 0 Å². The van der Waals surface area contributed by atoms with Gasteiger partial charge in [0.2, 0.25) is 0 Å². The molecule has 2 heterocycles. The van der Waals surface area contributed by atoms with Gasteiger partial charge in [0.15, 0.2) is 12.2 Å². The lowest BCUT2D eigenvalue weighted by Crippen LogP contribution is -2.55.